The largest absolute Gasteiger partial charge is 0.489 e. The number of rotatable bonds is 3. The van der Waals surface area contributed by atoms with Gasteiger partial charge in [0.05, 0.1) is 18.8 Å². The molecule has 2 saturated heterocycles. The zero-order valence-electron chi connectivity index (χ0n) is 15.7. The molecule has 1 N–H and O–H groups in total. The van der Waals surface area contributed by atoms with Crippen LogP contribution in [-0.4, -0.2) is 60.8 Å². The maximum atomic E-state index is 12.2. The summed E-state index contributed by atoms with van der Waals surface area (Å²) in [6.07, 6.45) is 0.257. The molecule has 9 nitrogen and oxygen atoms in total. The quantitative estimate of drug-likeness (QED) is 0.846. The van der Waals surface area contributed by atoms with Crippen LogP contribution in [0.25, 0.3) is 11.1 Å². The Morgan fingerprint density at radius 3 is 2.79 bits per heavy atom. The van der Waals surface area contributed by atoms with Crippen molar-refractivity contribution in [2.24, 2.45) is 0 Å². The molecule has 4 heterocycles. The van der Waals surface area contributed by atoms with Gasteiger partial charge in [-0.05, 0) is 36.2 Å². The molecule has 150 valence electrons. The predicted octanol–water partition coefficient (Wildman–Crippen LogP) is 2.09. The molecule has 2 amide bonds. The van der Waals surface area contributed by atoms with Crippen LogP contribution in [0.15, 0.2) is 30.5 Å². The minimum absolute atomic E-state index is 0.245. The Balaban J connectivity index is 1.47. The van der Waals surface area contributed by atoms with Crippen molar-refractivity contribution in [3.8, 4) is 16.9 Å². The second kappa shape index (κ2) is 6.63. The van der Waals surface area contributed by atoms with E-state index in [1.165, 1.54) is 9.80 Å². The molecule has 0 unspecified atom stereocenters. The van der Waals surface area contributed by atoms with E-state index >= 15 is 0 Å². The topological polar surface area (TPSA) is 101 Å². The van der Waals surface area contributed by atoms with E-state index in [9.17, 15) is 14.7 Å². The number of anilines is 2. The number of cyclic esters (lactones) is 2. The van der Waals surface area contributed by atoms with Gasteiger partial charge in [0, 0.05) is 11.8 Å². The van der Waals surface area contributed by atoms with Crippen LogP contribution in [0.2, 0.25) is 0 Å². The van der Waals surface area contributed by atoms with E-state index in [2.05, 4.69) is 4.98 Å². The second-order valence-electron chi connectivity index (χ2n) is 7.16. The van der Waals surface area contributed by atoms with Gasteiger partial charge >= 0.3 is 12.2 Å². The average Bonchev–Trinajstić information content (AvgIpc) is 3.30. The first kappa shape index (κ1) is 17.7. The third kappa shape index (κ3) is 2.77. The summed E-state index contributed by atoms with van der Waals surface area (Å²) in [6, 6.07) is 7.07. The molecule has 3 aliphatic rings. The lowest BCUT2D eigenvalue weighted by Crippen LogP contribution is -2.45. The van der Waals surface area contributed by atoms with Gasteiger partial charge in [-0.2, -0.15) is 0 Å². The molecule has 2 fully saturated rings. The monoisotopic (exact) mass is 397 g/mol. The lowest BCUT2D eigenvalue weighted by atomic mass is 10.0. The van der Waals surface area contributed by atoms with E-state index < -0.39 is 12.2 Å². The molecular formula is C20H19N3O6. The molecular weight excluding hydrogens is 378 g/mol. The summed E-state index contributed by atoms with van der Waals surface area (Å²) < 4.78 is 16.1. The van der Waals surface area contributed by atoms with Crippen LogP contribution in [0.1, 0.15) is 5.56 Å². The molecule has 0 spiro atoms. The first-order chi connectivity index (χ1) is 14.1. The molecule has 1 aromatic heterocycles. The number of aryl methyl sites for hydroxylation is 1. The van der Waals surface area contributed by atoms with E-state index in [0.29, 0.717) is 30.4 Å². The van der Waals surface area contributed by atoms with Gasteiger partial charge in [-0.1, -0.05) is 6.07 Å². The molecule has 0 saturated carbocycles. The summed E-state index contributed by atoms with van der Waals surface area (Å²) in [5, 5.41) is 9.41. The number of aliphatic hydroxyl groups is 1. The summed E-state index contributed by atoms with van der Waals surface area (Å²) in [7, 11) is 0. The van der Waals surface area contributed by atoms with E-state index in [4.69, 9.17) is 14.2 Å². The van der Waals surface area contributed by atoms with Crippen LogP contribution in [0.3, 0.4) is 0 Å². The number of amides is 2. The van der Waals surface area contributed by atoms with E-state index in [1.807, 2.05) is 31.2 Å². The molecule has 2 aromatic rings. The van der Waals surface area contributed by atoms with Crippen molar-refractivity contribution in [1.82, 2.24) is 4.98 Å². The van der Waals surface area contributed by atoms with Crippen LogP contribution < -0.4 is 14.5 Å². The van der Waals surface area contributed by atoms with Crippen LogP contribution in [0.4, 0.5) is 21.1 Å². The lowest BCUT2D eigenvalue weighted by molar-refractivity contribution is 0.0734. The molecule has 3 aliphatic heterocycles. The van der Waals surface area contributed by atoms with Crippen molar-refractivity contribution in [1.29, 1.82) is 0 Å². The number of nitrogens with zero attached hydrogens (tertiary/aromatic N) is 3. The van der Waals surface area contributed by atoms with Gasteiger partial charge in [0.15, 0.2) is 6.10 Å². The molecule has 0 radical (unpaired) electrons. The fourth-order valence-electron chi connectivity index (χ4n) is 3.95. The summed E-state index contributed by atoms with van der Waals surface area (Å²) in [6.45, 7) is 2.80. The number of carbonyl (C=O) groups is 2. The van der Waals surface area contributed by atoms with Gasteiger partial charge in [0.25, 0.3) is 0 Å². The summed E-state index contributed by atoms with van der Waals surface area (Å²) in [4.78, 5) is 31.4. The third-order valence-corrected chi connectivity index (χ3v) is 5.46. The number of aliphatic hydroxyl groups excluding tert-OH is 1. The van der Waals surface area contributed by atoms with Gasteiger partial charge in [-0.25, -0.2) is 14.6 Å². The normalized spacial score (nSPS) is 22.7. The maximum Gasteiger partial charge on any atom is 0.415 e. The molecule has 2 atom stereocenters. The Bertz CT molecular complexity index is 1010. The third-order valence-electron chi connectivity index (χ3n) is 5.46. The second-order valence-corrected chi connectivity index (χ2v) is 7.16. The zero-order valence-corrected chi connectivity index (χ0v) is 15.7. The summed E-state index contributed by atoms with van der Waals surface area (Å²) >= 11 is 0. The Hall–Kier alpha value is -3.33. The van der Waals surface area contributed by atoms with Crippen LogP contribution >= 0.6 is 0 Å². The van der Waals surface area contributed by atoms with Crippen molar-refractivity contribution in [2.45, 2.75) is 19.1 Å². The molecule has 29 heavy (non-hydrogen) atoms. The van der Waals surface area contributed by atoms with Crippen molar-refractivity contribution in [3.63, 3.8) is 0 Å². The first-order valence-electron chi connectivity index (χ1n) is 9.35. The van der Waals surface area contributed by atoms with Crippen molar-refractivity contribution in [3.05, 3.63) is 36.0 Å². The highest BCUT2D eigenvalue weighted by Crippen LogP contribution is 2.41. The summed E-state index contributed by atoms with van der Waals surface area (Å²) in [5.41, 5.74) is 3.35. The minimum atomic E-state index is -0.591. The maximum absolute atomic E-state index is 12.2. The SMILES string of the molecule is Cc1cc(N2CCOC2=O)ncc1-c1ccc2c(c1)OC[C@H]1[C@H](CO)OC(=O)N21. The van der Waals surface area contributed by atoms with Crippen LogP contribution in [0, 0.1) is 6.92 Å². The molecule has 5 rings (SSSR count). The number of benzene rings is 1. The highest BCUT2D eigenvalue weighted by molar-refractivity contribution is 5.94. The highest BCUT2D eigenvalue weighted by atomic mass is 16.6. The number of ether oxygens (including phenoxy) is 3. The fraction of sp³-hybridized carbons (Fsp3) is 0.350. The van der Waals surface area contributed by atoms with Crippen molar-refractivity contribution in [2.75, 3.05) is 36.2 Å². The van der Waals surface area contributed by atoms with E-state index in [1.54, 1.807) is 6.20 Å². The fourth-order valence-corrected chi connectivity index (χ4v) is 3.95. The Morgan fingerprint density at radius 1 is 1.21 bits per heavy atom. The van der Waals surface area contributed by atoms with Crippen LogP contribution in [0.5, 0.6) is 5.75 Å². The molecule has 1 aromatic carbocycles. The Labute approximate surface area is 166 Å². The molecule has 9 heteroatoms. The lowest BCUT2D eigenvalue weighted by Gasteiger charge is -2.31. The number of hydrogen-bond donors (Lipinski definition) is 1. The number of carbonyl (C=O) groups excluding carboxylic acids is 2. The number of hydrogen-bond acceptors (Lipinski definition) is 7. The van der Waals surface area contributed by atoms with Crippen LogP contribution in [-0.2, 0) is 9.47 Å². The van der Waals surface area contributed by atoms with Gasteiger partial charge in [-0.3, -0.25) is 9.80 Å². The van der Waals surface area contributed by atoms with Gasteiger partial charge < -0.3 is 19.3 Å². The average molecular weight is 397 g/mol. The molecule has 0 bridgehead atoms. The van der Waals surface area contributed by atoms with Gasteiger partial charge in [-0.15, -0.1) is 0 Å². The van der Waals surface area contributed by atoms with E-state index in [-0.39, 0.29) is 25.3 Å². The standard InChI is InChI=1S/C20H19N3O6/c1-11-6-18(22-4-5-27-19(22)25)21-8-13(11)12-2-3-14-16(7-12)28-10-15-17(9-24)29-20(26)23(14)15/h2-3,6-8,15,17,24H,4-5,9-10H2,1H3/t15-,17-/m0/s1. The highest BCUT2D eigenvalue weighted by Gasteiger charge is 2.46. The van der Waals surface area contributed by atoms with Crippen molar-refractivity contribution < 1.29 is 28.9 Å². The first-order valence-corrected chi connectivity index (χ1v) is 9.35. The zero-order chi connectivity index (χ0) is 20.1. The Morgan fingerprint density at radius 2 is 2.07 bits per heavy atom. The number of fused-ring (bicyclic) bond motifs is 3. The summed E-state index contributed by atoms with van der Waals surface area (Å²) in [5.74, 6) is 1.13. The Kier molecular flexibility index (Phi) is 4.06. The number of pyridine rings is 1. The predicted molar refractivity (Wildman–Crippen MR) is 102 cm³/mol. The van der Waals surface area contributed by atoms with E-state index in [0.717, 1.165) is 16.7 Å². The number of aromatic nitrogens is 1. The molecule has 0 aliphatic carbocycles. The van der Waals surface area contributed by atoms with Gasteiger partial charge in [0.2, 0.25) is 0 Å². The minimum Gasteiger partial charge on any atom is -0.489 e. The smallest absolute Gasteiger partial charge is 0.415 e. The van der Waals surface area contributed by atoms with Gasteiger partial charge in [0.1, 0.15) is 30.8 Å². The van der Waals surface area contributed by atoms with Crippen molar-refractivity contribution >= 4 is 23.7 Å².